The lowest BCUT2D eigenvalue weighted by Gasteiger charge is -2.32. The molecule has 1 aliphatic rings. The Bertz CT molecular complexity index is 423. The number of hydrogen-bond donors (Lipinski definition) is 2. The van der Waals surface area contributed by atoms with Gasteiger partial charge in [-0.1, -0.05) is 19.1 Å². The van der Waals surface area contributed by atoms with Crippen LogP contribution in [0.2, 0.25) is 0 Å². The minimum atomic E-state index is -0.860. The van der Waals surface area contributed by atoms with E-state index in [0.717, 1.165) is 38.6 Å². The number of aromatic carboxylic acids is 1. The topological polar surface area (TPSA) is 52.6 Å². The van der Waals surface area contributed by atoms with Crippen molar-refractivity contribution in [3.8, 4) is 0 Å². The number of rotatable bonds is 6. The van der Waals surface area contributed by atoms with Crippen molar-refractivity contribution < 1.29 is 9.90 Å². The first-order valence-corrected chi connectivity index (χ1v) is 7.44. The quantitative estimate of drug-likeness (QED) is 0.836. The fourth-order valence-electron chi connectivity index (χ4n) is 2.71. The highest BCUT2D eigenvalue weighted by molar-refractivity contribution is 5.87. The summed E-state index contributed by atoms with van der Waals surface area (Å²) in [5.74, 6) is -0.0543. The third-order valence-electron chi connectivity index (χ3n) is 4.00. The van der Waals surface area contributed by atoms with Crippen molar-refractivity contribution in [1.29, 1.82) is 0 Å². The second kappa shape index (κ2) is 7.41. The van der Waals surface area contributed by atoms with Crippen LogP contribution in [0.25, 0.3) is 0 Å². The summed E-state index contributed by atoms with van der Waals surface area (Å²) in [6.07, 6.45) is 2.50. The molecule has 0 unspecified atom stereocenters. The molecule has 0 radical (unpaired) electrons. The molecule has 0 bridgehead atoms. The number of benzene rings is 1. The molecule has 1 fully saturated rings. The minimum absolute atomic E-state index is 0.359. The van der Waals surface area contributed by atoms with Crippen molar-refractivity contribution in [2.75, 3.05) is 26.2 Å². The Balaban J connectivity index is 1.79. The number of piperidine rings is 1. The minimum Gasteiger partial charge on any atom is -0.478 e. The van der Waals surface area contributed by atoms with Gasteiger partial charge in [0.05, 0.1) is 5.56 Å². The Labute approximate surface area is 120 Å². The summed E-state index contributed by atoms with van der Waals surface area (Å²) in [6, 6.07) is 7.23. The van der Waals surface area contributed by atoms with Gasteiger partial charge >= 0.3 is 5.97 Å². The van der Waals surface area contributed by atoms with Gasteiger partial charge in [0, 0.05) is 6.54 Å². The van der Waals surface area contributed by atoms with Crippen LogP contribution in [0.15, 0.2) is 24.3 Å². The van der Waals surface area contributed by atoms with Gasteiger partial charge in [-0.2, -0.15) is 0 Å². The lowest BCUT2D eigenvalue weighted by Crippen LogP contribution is -2.36. The largest absolute Gasteiger partial charge is 0.478 e. The molecule has 4 nitrogen and oxygen atoms in total. The summed E-state index contributed by atoms with van der Waals surface area (Å²) in [5, 5.41) is 12.3. The molecule has 1 aromatic carbocycles. The molecule has 2 rings (SSSR count). The van der Waals surface area contributed by atoms with E-state index in [1.54, 1.807) is 12.1 Å². The predicted molar refractivity (Wildman–Crippen MR) is 79.9 cm³/mol. The van der Waals surface area contributed by atoms with E-state index in [1.165, 1.54) is 18.4 Å². The zero-order valence-corrected chi connectivity index (χ0v) is 12.1. The lowest BCUT2D eigenvalue weighted by atomic mass is 9.96. The van der Waals surface area contributed by atoms with E-state index in [4.69, 9.17) is 5.11 Å². The summed E-state index contributed by atoms with van der Waals surface area (Å²) < 4.78 is 0. The molecule has 0 amide bonds. The summed E-state index contributed by atoms with van der Waals surface area (Å²) in [4.78, 5) is 13.3. The fourth-order valence-corrected chi connectivity index (χ4v) is 2.71. The number of nitrogens with one attached hydrogen (secondary N) is 1. The number of carboxylic acids is 1. The Morgan fingerprint density at radius 1 is 1.30 bits per heavy atom. The van der Waals surface area contributed by atoms with Crippen molar-refractivity contribution >= 4 is 5.97 Å². The van der Waals surface area contributed by atoms with Gasteiger partial charge in [-0.15, -0.1) is 0 Å². The number of likely N-dealkylation sites (tertiary alicyclic amines) is 1. The molecule has 0 atom stereocenters. The lowest BCUT2D eigenvalue weighted by molar-refractivity contribution is 0.0697. The first-order chi connectivity index (χ1) is 9.69. The number of hydrogen-bond acceptors (Lipinski definition) is 3. The monoisotopic (exact) mass is 276 g/mol. The van der Waals surface area contributed by atoms with E-state index >= 15 is 0 Å². The van der Waals surface area contributed by atoms with Gasteiger partial charge in [-0.25, -0.2) is 4.79 Å². The molecule has 0 saturated carbocycles. The second-order valence-corrected chi connectivity index (χ2v) is 5.53. The van der Waals surface area contributed by atoms with Crippen molar-refractivity contribution in [3.63, 3.8) is 0 Å². The number of carboxylic acid groups (broad SMARTS) is 1. The summed E-state index contributed by atoms with van der Waals surface area (Å²) in [5.41, 5.74) is 1.55. The van der Waals surface area contributed by atoms with Crippen LogP contribution in [0.3, 0.4) is 0 Å². The van der Waals surface area contributed by atoms with Gasteiger partial charge in [0.2, 0.25) is 0 Å². The first kappa shape index (κ1) is 15.0. The van der Waals surface area contributed by atoms with E-state index in [0.29, 0.717) is 5.56 Å². The van der Waals surface area contributed by atoms with Crippen LogP contribution in [-0.2, 0) is 6.54 Å². The molecule has 0 spiro atoms. The molecule has 20 heavy (non-hydrogen) atoms. The molecular weight excluding hydrogens is 252 g/mol. The van der Waals surface area contributed by atoms with Crippen LogP contribution in [-0.4, -0.2) is 42.2 Å². The number of carbonyl (C=O) groups is 1. The molecule has 1 heterocycles. The van der Waals surface area contributed by atoms with Gasteiger partial charge in [-0.3, -0.25) is 4.90 Å². The molecule has 1 saturated heterocycles. The van der Waals surface area contributed by atoms with Crippen molar-refractivity contribution in [1.82, 2.24) is 10.2 Å². The molecule has 1 aromatic rings. The molecule has 0 aromatic heterocycles. The first-order valence-electron chi connectivity index (χ1n) is 7.44. The molecular formula is C16H24N2O2. The highest BCUT2D eigenvalue weighted by atomic mass is 16.4. The van der Waals surface area contributed by atoms with Crippen molar-refractivity contribution in [3.05, 3.63) is 35.4 Å². The van der Waals surface area contributed by atoms with E-state index < -0.39 is 5.97 Å². The van der Waals surface area contributed by atoms with Gasteiger partial charge < -0.3 is 10.4 Å². The average molecular weight is 276 g/mol. The SMILES string of the molecule is CCNCC1CCN(Cc2ccc(C(=O)O)cc2)CC1. The van der Waals surface area contributed by atoms with Crippen molar-refractivity contribution in [2.45, 2.75) is 26.3 Å². The Morgan fingerprint density at radius 2 is 1.95 bits per heavy atom. The van der Waals surface area contributed by atoms with Crippen LogP contribution < -0.4 is 5.32 Å². The molecule has 110 valence electrons. The number of nitrogens with zero attached hydrogens (tertiary/aromatic N) is 1. The Hall–Kier alpha value is -1.39. The molecule has 0 aliphatic carbocycles. The van der Waals surface area contributed by atoms with Crippen LogP contribution >= 0.6 is 0 Å². The summed E-state index contributed by atoms with van der Waals surface area (Å²) >= 11 is 0. The van der Waals surface area contributed by atoms with Gasteiger partial charge in [0.25, 0.3) is 0 Å². The average Bonchev–Trinajstić information content (AvgIpc) is 2.47. The predicted octanol–water partition coefficient (Wildman–Crippen LogP) is 2.21. The highest BCUT2D eigenvalue weighted by Gasteiger charge is 2.18. The van der Waals surface area contributed by atoms with Crippen LogP contribution in [0.1, 0.15) is 35.7 Å². The summed E-state index contributed by atoms with van der Waals surface area (Å²) in [7, 11) is 0. The van der Waals surface area contributed by atoms with Gasteiger partial charge in [0.15, 0.2) is 0 Å². The maximum absolute atomic E-state index is 10.8. The van der Waals surface area contributed by atoms with Gasteiger partial charge in [0.1, 0.15) is 0 Å². The fraction of sp³-hybridized carbons (Fsp3) is 0.562. The maximum Gasteiger partial charge on any atom is 0.335 e. The van der Waals surface area contributed by atoms with E-state index in [2.05, 4.69) is 17.1 Å². The summed E-state index contributed by atoms with van der Waals surface area (Å²) in [6.45, 7) is 7.53. The maximum atomic E-state index is 10.8. The van der Waals surface area contributed by atoms with Crippen LogP contribution in [0.4, 0.5) is 0 Å². The normalized spacial score (nSPS) is 17.2. The third-order valence-corrected chi connectivity index (χ3v) is 4.00. The highest BCUT2D eigenvalue weighted by Crippen LogP contribution is 2.18. The van der Waals surface area contributed by atoms with Crippen LogP contribution in [0, 0.1) is 5.92 Å². The molecule has 2 N–H and O–H groups in total. The molecule has 1 aliphatic heterocycles. The standard InChI is InChI=1S/C16H24N2O2/c1-2-17-11-13-7-9-18(10-8-13)12-14-3-5-15(6-4-14)16(19)20/h3-6,13,17H,2,7-12H2,1H3,(H,19,20). The Kier molecular flexibility index (Phi) is 5.56. The Morgan fingerprint density at radius 3 is 2.50 bits per heavy atom. The smallest absolute Gasteiger partial charge is 0.335 e. The molecule has 4 heteroatoms. The van der Waals surface area contributed by atoms with E-state index in [1.807, 2.05) is 12.1 Å². The zero-order valence-electron chi connectivity index (χ0n) is 12.1. The third kappa shape index (κ3) is 4.32. The second-order valence-electron chi connectivity index (χ2n) is 5.53. The van der Waals surface area contributed by atoms with E-state index in [9.17, 15) is 4.79 Å². The van der Waals surface area contributed by atoms with Crippen LogP contribution in [0.5, 0.6) is 0 Å². The zero-order chi connectivity index (χ0) is 14.4. The van der Waals surface area contributed by atoms with Gasteiger partial charge in [-0.05, 0) is 62.6 Å². The van der Waals surface area contributed by atoms with E-state index in [-0.39, 0.29) is 0 Å². The van der Waals surface area contributed by atoms with Crippen molar-refractivity contribution in [2.24, 2.45) is 5.92 Å².